The average molecular weight is 280 g/mol. The van der Waals surface area contributed by atoms with Gasteiger partial charge in [-0.2, -0.15) is 26.3 Å². The van der Waals surface area contributed by atoms with Crippen LogP contribution in [0, 0.1) is 0 Å². The van der Waals surface area contributed by atoms with Crippen molar-refractivity contribution >= 4 is 6.03 Å². The first-order valence-electron chi connectivity index (χ1n) is 5.07. The Hall–Kier alpha value is -1.15. The van der Waals surface area contributed by atoms with Gasteiger partial charge in [0.25, 0.3) is 0 Å². The van der Waals surface area contributed by atoms with Gasteiger partial charge >= 0.3 is 18.4 Å². The third-order valence-corrected chi connectivity index (χ3v) is 2.49. The van der Waals surface area contributed by atoms with Crippen molar-refractivity contribution in [2.24, 2.45) is 0 Å². The molecule has 0 fully saturated rings. The molecule has 0 radical (unpaired) electrons. The molecule has 0 spiro atoms. The summed E-state index contributed by atoms with van der Waals surface area (Å²) in [4.78, 5) is 11.1. The standard InChI is InChI=1S/C9H14F6N2O/c1-4-5(2)16-6(18)17-7(3,8(10,11)12)9(13,14)15/h5H,4H2,1-3H3,(H2,16,17,18)/t5-/m0/s1. The van der Waals surface area contributed by atoms with Crippen molar-refractivity contribution < 1.29 is 31.1 Å². The Kier molecular flexibility index (Phi) is 4.90. The third kappa shape index (κ3) is 3.67. The Balaban J connectivity index is 5.01. The first kappa shape index (κ1) is 16.9. The summed E-state index contributed by atoms with van der Waals surface area (Å²) in [7, 11) is 0. The lowest BCUT2D eigenvalue weighted by Gasteiger charge is -2.34. The van der Waals surface area contributed by atoms with Gasteiger partial charge in [-0.05, 0) is 20.3 Å². The maximum absolute atomic E-state index is 12.4. The highest BCUT2D eigenvalue weighted by Gasteiger charge is 2.68. The highest BCUT2D eigenvalue weighted by Crippen LogP contribution is 2.42. The van der Waals surface area contributed by atoms with Crippen LogP contribution in [-0.4, -0.2) is 30.0 Å². The van der Waals surface area contributed by atoms with Gasteiger partial charge in [-0.25, -0.2) is 4.79 Å². The van der Waals surface area contributed by atoms with Crippen LogP contribution in [0.5, 0.6) is 0 Å². The van der Waals surface area contributed by atoms with E-state index in [4.69, 9.17) is 0 Å². The Labute approximate surface area is 99.9 Å². The molecule has 0 saturated carbocycles. The van der Waals surface area contributed by atoms with Crippen LogP contribution < -0.4 is 10.6 Å². The number of amides is 2. The van der Waals surface area contributed by atoms with E-state index in [1.54, 1.807) is 6.92 Å². The van der Waals surface area contributed by atoms with Crippen LogP contribution in [0.3, 0.4) is 0 Å². The molecule has 0 heterocycles. The molecule has 0 aromatic rings. The second-order valence-electron chi connectivity index (χ2n) is 4.03. The quantitative estimate of drug-likeness (QED) is 0.767. The minimum Gasteiger partial charge on any atom is -0.336 e. The molecule has 1 atom stereocenters. The number of urea groups is 1. The second kappa shape index (κ2) is 5.23. The van der Waals surface area contributed by atoms with E-state index in [1.165, 1.54) is 6.92 Å². The zero-order valence-electron chi connectivity index (χ0n) is 9.96. The fourth-order valence-corrected chi connectivity index (χ4v) is 0.891. The molecule has 0 bridgehead atoms. The molecule has 2 N–H and O–H groups in total. The Morgan fingerprint density at radius 3 is 1.78 bits per heavy atom. The fourth-order valence-electron chi connectivity index (χ4n) is 0.891. The zero-order chi connectivity index (χ0) is 14.8. The van der Waals surface area contributed by atoms with Crippen LogP contribution in [0.25, 0.3) is 0 Å². The molecule has 0 aromatic heterocycles. The van der Waals surface area contributed by atoms with E-state index < -0.39 is 30.0 Å². The molecular weight excluding hydrogens is 266 g/mol. The maximum atomic E-state index is 12.4. The second-order valence-corrected chi connectivity index (χ2v) is 4.03. The molecule has 3 nitrogen and oxygen atoms in total. The highest BCUT2D eigenvalue weighted by atomic mass is 19.4. The van der Waals surface area contributed by atoms with Crippen LogP contribution in [0.1, 0.15) is 27.2 Å². The van der Waals surface area contributed by atoms with Gasteiger partial charge < -0.3 is 10.6 Å². The van der Waals surface area contributed by atoms with Crippen molar-refractivity contribution in [2.45, 2.75) is 51.1 Å². The summed E-state index contributed by atoms with van der Waals surface area (Å²) in [6.07, 6.45) is -10.9. The van der Waals surface area contributed by atoms with E-state index in [2.05, 4.69) is 0 Å². The van der Waals surface area contributed by atoms with Crippen molar-refractivity contribution in [3.05, 3.63) is 0 Å². The Morgan fingerprint density at radius 1 is 1.11 bits per heavy atom. The predicted octanol–water partition coefficient (Wildman–Crippen LogP) is 2.97. The molecule has 9 heteroatoms. The minimum absolute atomic E-state index is 0.122. The molecule has 0 aliphatic carbocycles. The highest BCUT2D eigenvalue weighted by molar-refractivity contribution is 5.75. The third-order valence-electron chi connectivity index (χ3n) is 2.49. The van der Waals surface area contributed by atoms with Gasteiger partial charge in [-0.3, -0.25) is 0 Å². The monoisotopic (exact) mass is 280 g/mol. The summed E-state index contributed by atoms with van der Waals surface area (Å²) in [6, 6.07) is -2.04. The summed E-state index contributed by atoms with van der Waals surface area (Å²) < 4.78 is 74.5. The molecule has 0 saturated heterocycles. The minimum atomic E-state index is -5.64. The number of carbonyl (C=O) groups is 1. The SMILES string of the molecule is CC[C@H](C)NC(=O)NC(C)(C(F)(F)F)C(F)(F)F. The molecular formula is C9H14F6N2O. The van der Waals surface area contributed by atoms with Gasteiger partial charge in [0.15, 0.2) is 0 Å². The smallest absolute Gasteiger partial charge is 0.336 e. The van der Waals surface area contributed by atoms with E-state index in [1.807, 2.05) is 5.32 Å². The van der Waals surface area contributed by atoms with Crippen molar-refractivity contribution in [2.75, 3.05) is 0 Å². The molecule has 0 aliphatic heterocycles. The van der Waals surface area contributed by atoms with Gasteiger partial charge in [0.1, 0.15) is 0 Å². The molecule has 0 aliphatic rings. The maximum Gasteiger partial charge on any atom is 0.420 e. The van der Waals surface area contributed by atoms with E-state index in [0.717, 1.165) is 5.32 Å². The number of nitrogens with one attached hydrogen (secondary N) is 2. The summed E-state index contributed by atoms with van der Waals surface area (Å²) in [5.74, 6) is 0. The molecule has 108 valence electrons. The topological polar surface area (TPSA) is 41.1 Å². The molecule has 2 amide bonds. The molecule has 0 unspecified atom stereocenters. The predicted molar refractivity (Wildman–Crippen MR) is 51.9 cm³/mol. The average Bonchev–Trinajstić information content (AvgIpc) is 2.13. The first-order valence-corrected chi connectivity index (χ1v) is 5.07. The summed E-state index contributed by atoms with van der Waals surface area (Å²) in [5, 5.41) is 2.92. The number of rotatable bonds is 3. The Morgan fingerprint density at radius 2 is 1.50 bits per heavy atom. The fraction of sp³-hybridized carbons (Fsp3) is 0.889. The number of halogens is 6. The van der Waals surface area contributed by atoms with Crippen molar-refractivity contribution in [3.8, 4) is 0 Å². The first-order chi connectivity index (χ1) is 7.85. The van der Waals surface area contributed by atoms with Crippen LogP contribution in [-0.2, 0) is 0 Å². The summed E-state index contributed by atoms with van der Waals surface area (Å²) in [6.45, 7) is 2.96. The normalized spacial score (nSPS) is 15.2. The van der Waals surface area contributed by atoms with E-state index in [-0.39, 0.29) is 6.92 Å². The summed E-state index contributed by atoms with van der Waals surface area (Å²) in [5.41, 5.74) is -4.28. The van der Waals surface area contributed by atoms with Crippen LogP contribution in [0.4, 0.5) is 31.1 Å². The van der Waals surface area contributed by atoms with Crippen molar-refractivity contribution in [1.29, 1.82) is 0 Å². The van der Waals surface area contributed by atoms with E-state index in [0.29, 0.717) is 6.42 Å². The summed E-state index contributed by atoms with van der Waals surface area (Å²) >= 11 is 0. The van der Waals surface area contributed by atoms with Crippen LogP contribution in [0.2, 0.25) is 0 Å². The van der Waals surface area contributed by atoms with E-state index >= 15 is 0 Å². The van der Waals surface area contributed by atoms with Gasteiger partial charge in [-0.15, -0.1) is 0 Å². The molecule has 0 rings (SSSR count). The lowest BCUT2D eigenvalue weighted by Crippen LogP contribution is -2.67. The Bertz CT molecular complexity index is 284. The largest absolute Gasteiger partial charge is 0.420 e. The van der Waals surface area contributed by atoms with Gasteiger partial charge in [0.2, 0.25) is 5.54 Å². The van der Waals surface area contributed by atoms with E-state index in [9.17, 15) is 31.1 Å². The number of alkyl halides is 6. The lowest BCUT2D eigenvalue weighted by atomic mass is 10.0. The number of carbonyl (C=O) groups excluding carboxylic acids is 1. The zero-order valence-corrected chi connectivity index (χ0v) is 9.96. The number of hydrogen-bond acceptors (Lipinski definition) is 1. The van der Waals surface area contributed by atoms with Crippen LogP contribution in [0.15, 0.2) is 0 Å². The number of hydrogen-bond donors (Lipinski definition) is 2. The van der Waals surface area contributed by atoms with Crippen LogP contribution >= 0.6 is 0 Å². The molecule has 18 heavy (non-hydrogen) atoms. The van der Waals surface area contributed by atoms with Gasteiger partial charge in [0, 0.05) is 6.04 Å². The molecule has 0 aromatic carbocycles. The van der Waals surface area contributed by atoms with Crippen molar-refractivity contribution in [3.63, 3.8) is 0 Å². The lowest BCUT2D eigenvalue weighted by molar-refractivity contribution is -0.297. The van der Waals surface area contributed by atoms with Crippen molar-refractivity contribution in [1.82, 2.24) is 10.6 Å². The van der Waals surface area contributed by atoms with Gasteiger partial charge in [0.05, 0.1) is 0 Å². The van der Waals surface area contributed by atoms with Gasteiger partial charge in [-0.1, -0.05) is 6.92 Å².